The summed E-state index contributed by atoms with van der Waals surface area (Å²) in [4.78, 5) is 0.758. The second-order valence-corrected chi connectivity index (χ2v) is 11.0. The fourth-order valence-corrected chi connectivity index (χ4v) is 5.81. The van der Waals surface area contributed by atoms with Gasteiger partial charge in [0.05, 0.1) is 4.90 Å². The van der Waals surface area contributed by atoms with Gasteiger partial charge in [-0.2, -0.15) is 0 Å². The molecule has 0 amide bonds. The van der Waals surface area contributed by atoms with Crippen molar-refractivity contribution in [3.63, 3.8) is 0 Å². The number of nitrogens with one attached hydrogen (secondary N) is 1. The largest absolute Gasteiger partial charge is 0.252 e. The molecule has 23 heavy (non-hydrogen) atoms. The molecule has 2 rings (SSSR count). The standard InChI is InChI=1S/C13H15BrN2O4S3/c1-16(2)23(19,20)13-7-6-11(21-13)9-15-22(17,18)12-5-3-4-10(14)8-12/h3-8,15H,9H2,1-2H3. The molecule has 0 aliphatic rings. The molecule has 6 nitrogen and oxygen atoms in total. The molecular weight excluding hydrogens is 424 g/mol. The third-order valence-electron chi connectivity index (χ3n) is 2.91. The molecule has 0 saturated heterocycles. The highest BCUT2D eigenvalue weighted by Gasteiger charge is 2.20. The third-order valence-corrected chi connectivity index (χ3v) is 8.17. The van der Waals surface area contributed by atoms with Gasteiger partial charge in [0.15, 0.2) is 0 Å². The lowest BCUT2D eigenvalue weighted by atomic mass is 10.4. The molecule has 0 bridgehead atoms. The van der Waals surface area contributed by atoms with Crippen LogP contribution in [0.4, 0.5) is 0 Å². The fraction of sp³-hybridized carbons (Fsp3) is 0.231. The quantitative estimate of drug-likeness (QED) is 0.749. The molecule has 0 aliphatic heterocycles. The Hall–Kier alpha value is -0.780. The van der Waals surface area contributed by atoms with Crippen molar-refractivity contribution in [3.8, 4) is 0 Å². The zero-order valence-corrected chi connectivity index (χ0v) is 16.4. The van der Waals surface area contributed by atoms with Crippen molar-refractivity contribution in [3.05, 3.63) is 45.7 Å². The van der Waals surface area contributed by atoms with E-state index in [-0.39, 0.29) is 15.6 Å². The minimum Gasteiger partial charge on any atom is -0.207 e. The van der Waals surface area contributed by atoms with Crippen LogP contribution in [0, 0.1) is 0 Å². The van der Waals surface area contributed by atoms with Gasteiger partial charge in [0.2, 0.25) is 10.0 Å². The van der Waals surface area contributed by atoms with E-state index in [0.717, 1.165) is 15.6 Å². The molecule has 0 unspecified atom stereocenters. The van der Waals surface area contributed by atoms with Crippen molar-refractivity contribution in [1.29, 1.82) is 0 Å². The first kappa shape index (κ1) is 18.6. The zero-order chi connectivity index (χ0) is 17.3. The fourth-order valence-electron chi connectivity index (χ4n) is 1.66. The lowest BCUT2D eigenvalue weighted by Gasteiger charge is -2.08. The summed E-state index contributed by atoms with van der Waals surface area (Å²) in [6, 6.07) is 9.43. The summed E-state index contributed by atoms with van der Waals surface area (Å²) in [6.07, 6.45) is 0. The van der Waals surface area contributed by atoms with Crippen molar-refractivity contribution in [2.45, 2.75) is 15.6 Å². The minimum atomic E-state index is -3.66. The van der Waals surface area contributed by atoms with E-state index in [2.05, 4.69) is 20.7 Å². The second-order valence-electron chi connectivity index (χ2n) is 4.79. The Kier molecular flexibility index (Phi) is 5.64. The van der Waals surface area contributed by atoms with Gasteiger partial charge in [-0.25, -0.2) is 25.9 Å². The average Bonchev–Trinajstić information content (AvgIpc) is 2.95. The molecule has 1 aromatic carbocycles. The predicted molar refractivity (Wildman–Crippen MR) is 93.4 cm³/mol. The van der Waals surface area contributed by atoms with E-state index in [1.165, 1.54) is 32.3 Å². The molecule has 0 atom stereocenters. The predicted octanol–water partition coefficient (Wildman–Crippen LogP) is 2.24. The molecular formula is C13H15BrN2O4S3. The Labute approximate surface area is 148 Å². The Morgan fingerprint density at radius 2 is 1.83 bits per heavy atom. The molecule has 2 aromatic rings. The highest BCUT2D eigenvalue weighted by molar-refractivity contribution is 9.10. The first-order chi connectivity index (χ1) is 10.6. The van der Waals surface area contributed by atoms with E-state index in [1.807, 2.05) is 0 Å². The normalized spacial score (nSPS) is 12.7. The van der Waals surface area contributed by atoms with E-state index < -0.39 is 20.0 Å². The van der Waals surface area contributed by atoms with Crippen LogP contribution < -0.4 is 4.72 Å². The van der Waals surface area contributed by atoms with Crippen LogP contribution in [0.3, 0.4) is 0 Å². The Balaban J connectivity index is 2.14. The summed E-state index contributed by atoms with van der Waals surface area (Å²) < 4.78 is 52.9. The van der Waals surface area contributed by atoms with E-state index in [0.29, 0.717) is 9.35 Å². The SMILES string of the molecule is CN(C)S(=O)(=O)c1ccc(CNS(=O)(=O)c2cccc(Br)c2)s1. The number of nitrogens with zero attached hydrogens (tertiary/aromatic N) is 1. The summed E-state index contributed by atoms with van der Waals surface area (Å²) in [5.74, 6) is 0. The smallest absolute Gasteiger partial charge is 0.207 e. The summed E-state index contributed by atoms with van der Waals surface area (Å²) in [5, 5.41) is 0. The third kappa shape index (κ3) is 4.40. The molecule has 1 N–H and O–H groups in total. The molecule has 126 valence electrons. The molecule has 1 aromatic heterocycles. The van der Waals surface area contributed by atoms with Crippen molar-refractivity contribution in [2.24, 2.45) is 0 Å². The number of halogens is 1. The van der Waals surface area contributed by atoms with Crippen LogP contribution in [0.2, 0.25) is 0 Å². The number of rotatable bonds is 6. The summed E-state index contributed by atoms with van der Waals surface area (Å²) in [7, 11) is -4.26. The van der Waals surface area contributed by atoms with Gasteiger partial charge in [-0.1, -0.05) is 22.0 Å². The van der Waals surface area contributed by atoms with Crippen LogP contribution in [0.5, 0.6) is 0 Å². The first-order valence-electron chi connectivity index (χ1n) is 6.39. The van der Waals surface area contributed by atoms with Gasteiger partial charge < -0.3 is 0 Å². The summed E-state index contributed by atoms with van der Waals surface area (Å²) in [5.41, 5.74) is 0. The lowest BCUT2D eigenvalue weighted by molar-refractivity contribution is 0.523. The van der Waals surface area contributed by atoms with Crippen LogP contribution in [0.1, 0.15) is 4.88 Å². The number of benzene rings is 1. The number of thiophene rings is 1. The van der Waals surface area contributed by atoms with Crippen LogP contribution in [-0.2, 0) is 26.6 Å². The minimum absolute atomic E-state index is 0.0302. The average molecular weight is 439 g/mol. The zero-order valence-electron chi connectivity index (χ0n) is 12.4. The molecule has 0 spiro atoms. The van der Waals surface area contributed by atoms with Gasteiger partial charge >= 0.3 is 0 Å². The molecule has 0 fully saturated rings. The Bertz CT molecular complexity index is 905. The molecule has 0 aliphatic carbocycles. The van der Waals surface area contributed by atoms with Crippen molar-refractivity contribution >= 4 is 47.3 Å². The van der Waals surface area contributed by atoms with Gasteiger partial charge in [0.25, 0.3) is 10.0 Å². The highest BCUT2D eigenvalue weighted by Crippen LogP contribution is 2.24. The van der Waals surface area contributed by atoms with Gasteiger partial charge in [-0.05, 0) is 30.3 Å². The van der Waals surface area contributed by atoms with Gasteiger partial charge in [0.1, 0.15) is 4.21 Å². The first-order valence-corrected chi connectivity index (χ1v) is 10.9. The van der Waals surface area contributed by atoms with Crippen LogP contribution in [-0.4, -0.2) is 35.2 Å². The van der Waals surface area contributed by atoms with E-state index in [1.54, 1.807) is 18.2 Å². The number of hydrogen-bond acceptors (Lipinski definition) is 5. The second kappa shape index (κ2) is 6.99. The lowest BCUT2D eigenvalue weighted by Crippen LogP contribution is -2.22. The van der Waals surface area contributed by atoms with E-state index in [9.17, 15) is 16.8 Å². The Morgan fingerprint density at radius 3 is 2.43 bits per heavy atom. The topological polar surface area (TPSA) is 83.6 Å². The van der Waals surface area contributed by atoms with Gasteiger partial charge in [0, 0.05) is 30.0 Å². The highest BCUT2D eigenvalue weighted by atomic mass is 79.9. The van der Waals surface area contributed by atoms with Crippen molar-refractivity contribution in [1.82, 2.24) is 9.03 Å². The van der Waals surface area contributed by atoms with Gasteiger partial charge in [-0.15, -0.1) is 11.3 Å². The number of sulfonamides is 2. The number of hydrogen-bond donors (Lipinski definition) is 1. The summed E-state index contributed by atoms with van der Waals surface area (Å²) in [6.45, 7) is 0.0302. The van der Waals surface area contributed by atoms with Crippen molar-refractivity contribution < 1.29 is 16.8 Å². The maximum atomic E-state index is 12.2. The van der Waals surface area contributed by atoms with Gasteiger partial charge in [-0.3, -0.25) is 0 Å². The van der Waals surface area contributed by atoms with Crippen LogP contribution in [0.25, 0.3) is 0 Å². The summed E-state index contributed by atoms with van der Waals surface area (Å²) >= 11 is 4.27. The van der Waals surface area contributed by atoms with Crippen molar-refractivity contribution in [2.75, 3.05) is 14.1 Å². The maximum Gasteiger partial charge on any atom is 0.252 e. The molecule has 1 heterocycles. The monoisotopic (exact) mass is 438 g/mol. The maximum absolute atomic E-state index is 12.2. The molecule has 0 radical (unpaired) electrons. The molecule has 0 saturated carbocycles. The molecule has 10 heteroatoms. The van der Waals surface area contributed by atoms with E-state index >= 15 is 0 Å². The Morgan fingerprint density at radius 1 is 1.13 bits per heavy atom. The van der Waals surface area contributed by atoms with E-state index in [4.69, 9.17) is 0 Å². The van der Waals surface area contributed by atoms with Crippen LogP contribution >= 0.6 is 27.3 Å². The van der Waals surface area contributed by atoms with Crippen LogP contribution in [0.15, 0.2) is 50.0 Å².